The van der Waals surface area contributed by atoms with Gasteiger partial charge < -0.3 is 15.3 Å². The summed E-state index contributed by atoms with van der Waals surface area (Å²) in [5.74, 6) is -1.50. The maximum atomic E-state index is 12.7. The quantitative estimate of drug-likeness (QED) is 0.547. The van der Waals surface area contributed by atoms with Gasteiger partial charge in [-0.25, -0.2) is 0 Å². The van der Waals surface area contributed by atoms with Gasteiger partial charge in [0.2, 0.25) is 0 Å². The second-order valence-electron chi connectivity index (χ2n) is 6.55. The van der Waals surface area contributed by atoms with E-state index in [9.17, 15) is 19.7 Å². The maximum Gasteiger partial charge on any atom is 0.317 e. The summed E-state index contributed by atoms with van der Waals surface area (Å²) in [6, 6.07) is 11.0. The first kappa shape index (κ1) is 20.6. The van der Waals surface area contributed by atoms with E-state index >= 15 is 0 Å². The number of piperazine rings is 1. The number of amides is 1. The molecule has 1 aliphatic rings. The van der Waals surface area contributed by atoms with E-state index in [0.29, 0.717) is 42.6 Å². The Morgan fingerprint density at radius 1 is 1.10 bits per heavy atom. The molecule has 0 spiro atoms. The van der Waals surface area contributed by atoms with Gasteiger partial charge in [0, 0.05) is 36.9 Å². The lowest BCUT2D eigenvalue weighted by molar-refractivity contribution is -0.384. The number of carboxylic acids is 1. The van der Waals surface area contributed by atoms with Crippen molar-refractivity contribution in [2.24, 2.45) is 0 Å². The van der Waals surface area contributed by atoms with Crippen LogP contribution < -0.4 is 10.2 Å². The van der Waals surface area contributed by atoms with Crippen molar-refractivity contribution in [3.05, 3.63) is 63.2 Å². The number of halogens is 1. The van der Waals surface area contributed by atoms with Crippen LogP contribution in [0, 0.1) is 10.1 Å². The highest BCUT2D eigenvalue weighted by atomic mass is 35.5. The van der Waals surface area contributed by atoms with Crippen LogP contribution in [0.5, 0.6) is 0 Å². The number of nitrogens with one attached hydrogen (secondary N) is 1. The predicted octanol–water partition coefficient (Wildman–Crippen LogP) is 2.71. The van der Waals surface area contributed by atoms with E-state index in [4.69, 9.17) is 16.7 Å². The number of carbonyl (C=O) groups excluding carboxylic acids is 1. The molecule has 0 saturated carbocycles. The van der Waals surface area contributed by atoms with Crippen LogP contribution in [-0.4, -0.2) is 59.5 Å². The van der Waals surface area contributed by atoms with E-state index in [1.54, 1.807) is 46.2 Å². The number of carbonyl (C=O) groups is 2. The number of benzene rings is 2. The van der Waals surface area contributed by atoms with Gasteiger partial charge in [-0.2, -0.15) is 0 Å². The molecule has 0 aliphatic carbocycles. The Labute approximate surface area is 171 Å². The van der Waals surface area contributed by atoms with Crippen molar-refractivity contribution < 1.29 is 19.6 Å². The monoisotopic (exact) mass is 418 g/mol. The first-order chi connectivity index (χ1) is 13.8. The van der Waals surface area contributed by atoms with Crippen molar-refractivity contribution in [3.63, 3.8) is 0 Å². The molecule has 1 amide bonds. The molecule has 10 heteroatoms. The molecule has 2 aromatic carbocycles. The lowest BCUT2D eigenvalue weighted by atomic mass is 10.1. The number of carboxylic acid groups (broad SMARTS) is 1. The minimum atomic E-state index is -0.912. The number of para-hydroxylation sites is 1. The van der Waals surface area contributed by atoms with Crippen LogP contribution in [0.4, 0.5) is 17.1 Å². The highest BCUT2D eigenvalue weighted by molar-refractivity contribution is 6.30. The third kappa shape index (κ3) is 5.01. The summed E-state index contributed by atoms with van der Waals surface area (Å²) in [6.07, 6.45) is 0. The average molecular weight is 419 g/mol. The van der Waals surface area contributed by atoms with Gasteiger partial charge in [-0.05, 0) is 36.4 Å². The molecule has 0 atom stereocenters. The highest BCUT2D eigenvalue weighted by Crippen LogP contribution is 2.33. The standard InChI is InChI=1S/C19H19ClN4O5/c20-13-4-6-14(7-5-13)21-19(27)15-2-1-3-16(18(15)24(28)29)23-10-8-22(9-11-23)12-17(25)26/h1-7H,8-12H2,(H,21,27)(H,25,26). The molecular weight excluding hydrogens is 400 g/mol. The van der Waals surface area contributed by atoms with E-state index in [1.165, 1.54) is 6.07 Å². The van der Waals surface area contributed by atoms with Gasteiger partial charge in [0.25, 0.3) is 5.91 Å². The van der Waals surface area contributed by atoms with Crippen LogP contribution in [0.2, 0.25) is 5.02 Å². The molecule has 0 radical (unpaired) electrons. The van der Waals surface area contributed by atoms with Crippen LogP contribution in [0.1, 0.15) is 10.4 Å². The van der Waals surface area contributed by atoms with Crippen LogP contribution in [0.25, 0.3) is 0 Å². The van der Waals surface area contributed by atoms with Gasteiger partial charge in [0.05, 0.1) is 11.5 Å². The SMILES string of the molecule is O=C(O)CN1CCN(c2cccc(C(=O)Nc3ccc(Cl)cc3)c2[N+](=O)[O-])CC1. The zero-order chi connectivity index (χ0) is 21.0. The molecule has 0 unspecified atom stereocenters. The minimum Gasteiger partial charge on any atom is -0.480 e. The molecule has 2 aromatic rings. The molecular formula is C19H19ClN4O5. The summed E-state index contributed by atoms with van der Waals surface area (Å²) in [5.41, 5.74) is 0.496. The van der Waals surface area contributed by atoms with Crippen LogP contribution >= 0.6 is 11.6 Å². The highest BCUT2D eigenvalue weighted by Gasteiger charge is 2.29. The second kappa shape index (κ2) is 8.89. The van der Waals surface area contributed by atoms with Gasteiger partial charge in [-0.15, -0.1) is 0 Å². The van der Waals surface area contributed by atoms with Crippen LogP contribution in [0.3, 0.4) is 0 Å². The van der Waals surface area contributed by atoms with Crippen molar-refractivity contribution in [1.82, 2.24) is 4.90 Å². The smallest absolute Gasteiger partial charge is 0.317 e. The van der Waals surface area contributed by atoms with E-state index in [1.807, 2.05) is 0 Å². The lowest BCUT2D eigenvalue weighted by Crippen LogP contribution is -2.48. The normalized spacial score (nSPS) is 14.4. The number of rotatable bonds is 6. The Hall–Kier alpha value is -3.17. The Bertz CT molecular complexity index is 927. The molecule has 2 N–H and O–H groups in total. The zero-order valence-electron chi connectivity index (χ0n) is 15.4. The molecule has 1 heterocycles. The first-order valence-electron chi connectivity index (χ1n) is 8.88. The molecule has 1 fully saturated rings. The molecule has 0 aromatic heterocycles. The van der Waals surface area contributed by atoms with E-state index in [0.717, 1.165) is 0 Å². The lowest BCUT2D eigenvalue weighted by Gasteiger charge is -2.35. The van der Waals surface area contributed by atoms with Crippen molar-refractivity contribution >= 4 is 40.5 Å². The fourth-order valence-corrected chi connectivity index (χ4v) is 3.36. The maximum absolute atomic E-state index is 12.7. The van der Waals surface area contributed by atoms with Gasteiger partial charge in [0.15, 0.2) is 0 Å². The summed E-state index contributed by atoms with van der Waals surface area (Å²) >= 11 is 5.83. The zero-order valence-corrected chi connectivity index (χ0v) is 16.1. The number of anilines is 2. The third-order valence-corrected chi connectivity index (χ3v) is 4.87. The van der Waals surface area contributed by atoms with Crippen molar-refractivity contribution in [3.8, 4) is 0 Å². The number of hydrogen-bond acceptors (Lipinski definition) is 6. The van der Waals surface area contributed by atoms with E-state index in [-0.39, 0.29) is 17.8 Å². The molecule has 9 nitrogen and oxygen atoms in total. The van der Waals surface area contributed by atoms with E-state index < -0.39 is 16.8 Å². The van der Waals surface area contributed by atoms with Crippen molar-refractivity contribution in [2.75, 3.05) is 42.9 Å². The summed E-state index contributed by atoms with van der Waals surface area (Å²) in [6.45, 7) is 1.71. The minimum absolute atomic E-state index is 0.0459. The molecule has 3 rings (SSSR count). The summed E-state index contributed by atoms with van der Waals surface area (Å²) < 4.78 is 0. The Balaban J connectivity index is 1.83. The predicted molar refractivity (Wildman–Crippen MR) is 109 cm³/mol. The van der Waals surface area contributed by atoms with Gasteiger partial charge in [0.1, 0.15) is 11.3 Å². The Morgan fingerprint density at radius 3 is 2.34 bits per heavy atom. The Morgan fingerprint density at radius 2 is 1.76 bits per heavy atom. The number of nitro groups is 1. The fraction of sp³-hybridized carbons (Fsp3) is 0.263. The molecule has 1 saturated heterocycles. The van der Waals surface area contributed by atoms with Gasteiger partial charge >= 0.3 is 11.7 Å². The van der Waals surface area contributed by atoms with Crippen molar-refractivity contribution in [1.29, 1.82) is 0 Å². The summed E-state index contributed by atoms with van der Waals surface area (Å²) in [7, 11) is 0. The summed E-state index contributed by atoms with van der Waals surface area (Å²) in [4.78, 5) is 38.3. The van der Waals surface area contributed by atoms with E-state index in [2.05, 4.69) is 5.32 Å². The number of nitrogens with zero attached hydrogens (tertiary/aromatic N) is 3. The second-order valence-corrected chi connectivity index (χ2v) is 6.98. The first-order valence-corrected chi connectivity index (χ1v) is 9.26. The molecule has 1 aliphatic heterocycles. The number of aliphatic carboxylic acids is 1. The van der Waals surface area contributed by atoms with Gasteiger partial charge in [-0.1, -0.05) is 17.7 Å². The summed E-state index contributed by atoms with van der Waals surface area (Å²) in [5, 5.41) is 23.9. The molecule has 152 valence electrons. The van der Waals surface area contributed by atoms with Crippen molar-refractivity contribution in [2.45, 2.75) is 0 Å². The van der Waals surface area contributed by atoms with Gasteiger partial charge in [-0.3, -0.25) is 24.6 Å². The number of hydrogen-bond donors (Lipinski definition) is 2. The Kier molecular flexibility index (Phi) is 6.30. The average Bonchev–Trinajstić information content (AvgIpc) is 2.69. The molecule has 29 heavy (non-hydrogen) atoms. The number of nitro benzene ring substituents is 1. The largest absolute Gasteiger partial charge is 0.480 e. The fourth-order valence-electron chi connectivity index (χ4n) is 3.23. The topological polar surface area (TPSA) is 116 Å². The molecule has 0 bridgehead atoms. The third-order valence-electron chi connectivity index (χ3n) is 4.62. The van der Waals surface area contributed by atoms with Crippen LogP contribution in [0.15, 0.2) is 42.5 Å². The van der Waals surface area contributed by atoms with Crippen LogP contribution in [-0.2, 0) is 4.79 Å².